The third kappa shape index (κ3) is 2.96. The fourth-order valence-corrected chi connectivity index (χ4v) is 3.13. The Morgan fingerprint density at radius 2 is 1.94 bits per heavy atom. The molecule has 0 aliphatic heterocycles. The smallest absolute Gasteiger partial charge is 0.192 e. The van der Waals surface area contributed by atoms with Gasteiger partial charge in [0.05, 0.1) is 12.2 Å². The maximum absolute atomic E-state index is 10.1. The molecule has 0 spiro atoms. The van der Waals surface area contributed by atoms with Crippen LogP contribution in [0.1, 0.15) is 40.0 Å². The Morgan fingerprint density at radius 3 is 2.44 bits per heavy atom. The third-order valence-corrected chi connectivity index (χ3v) is 8.51. The normalized spacial score (nSPS) is 28.2. The van der Waals surface area contributed by atoms with Crippen LogP contribution in [0, 0.1) is 0 Å². The van der Waals surface area contributed by atoms with E-state index in [9.17, 15) is 5.11 Å². The van der Waals surface area contributed by atoms with Crippen molar-refractivity contribution in [3.05, 3.63) is 12.2 Å². The molecule has 16 heavy (non-hydrogen) atoms. The molecule has 94 valence electrons. The van der Waals surface area contributed by atoms with E-state index in [2.05, 4.69) is 40.4 Å². The minimum absolute atomic E-state index is 0.0258. The molecule has 0 aromatic carbocycles. The molecule has 0 aromatic heterocycles. The lowest BCUT2D eigenvalue weighted by atomic mass is 9.91. The number of hydrogen-bond donors (Lipinski definition) is 1. The first kappa shape index (κ1) is 13.9. The predicted molar refractivity (Wildman–Crippen MR) is 71.1 cm³/mol. The van der Waals surface area contributed by atoms with Crippen LogP contribution in [0.15, 0.2) is 12.2 Å². The zero-order valence-electron chi connectivity index (χ0n) is 11.3. The fourth-order valence-electron chi connectivity index (χ4n) is 1.78. The number of hydrogen-bond acceptors (Lipinski definition) is 2. The van der Waals surface area contributed by atoms with Crippen molar-refractivity contribution in [2.75, 3.05) is 0 Å². The quantitative estimate of drug-likeness (QED) is 0.593. The van der Waals surface area contributed by atoms with Gasteiger partial charge in [0.25, 0.3) is 0 Å². The average molecular weight is 242 g/mol. The summed E-state index contributed by atoms with van der Waals surface area (Å²) in [7, 11) is -1.76. The lowest BCUT2D eigenvalue weighted by Gasteiger charge is -2.42. The van der Waals surface area contributed by atoms with Gasteiger partial charge in [-0.15, -0.1) is 0 Å². The van der Waals surface area contributed by atoms with Gasteiger partial charge in [0.1, 0.15) is 0 Å². The van der Waals surface area contributed by atoms with E-state index in [1.165, 1.54) is 0 Å². The molecule has 0 aromatic rings. The van der Waals surface area contributed by atoms with Crippen molar-refractivity contribution in [1.29, 1.82) is 0 Å². The Bertz CT molecular complexity index is 266. The van der Waals surface area contributed by atoms with E-state index >= 15 is 0 Å². The molecule has 0 saturated heterocycles. The molecule has 1 fully saturated rings. The van der Waals surface area contributed by atoms with Crippen LogP contribution < -0.4 is 0 Å². The zero-order valence-corrected chi connectivity index (χ0v) is 12.3. The summed E-state index contributed by atoms with van der Waals surface area (Å²) in [5.74, 6) is 0. The SMILES string of the molecule is C=C1CCC[C@H](O[Si](C)(C)C(C)(C)C)[C@@H]1O. The molecule has 1 aliphatic rings. The summed E-state index contributed by atoms with van der Waals surface area (Å²) in [4.78, 5) is 0. The maximum atomic E-state index is 10.1. The van der Waals surface area contributed by atoms with Gasteiger partial charge in [0, 0.05) is 0 Å². The van der Waals surface area contributed by atoms with E-state index in [0.717, 1.165) is 24.8 Å². The lowest BCUT2D eigenvalue weighted by molar-refractivity contribution is 0.0298. The van der Waals surface area contributed by atoms with E-state index < -0.39 is 14.4 Å². The molecule has 2 nitrogen and oxygen atoms in total. The Morgan fingerprint density at radius 1 is 1.38 bits per heavy atom. The second-order valence-electron chi connectivity index (χ2n) is 6.41. The van der Waals surface area contributed by atoms with E-state index in [0.29, 0.717) is 0 Å². The highest BCUT2D eigenvalue weighted by molar-refractivity contribution is 6.74. The lowest BCUT2D eigenvalue weighted by Crippen LogP contribution is -2.48. The van der Waals surface area contributed by atoms with Crippen molar-refractivity contribution in [2.24, 2.45) is 0 Å². The fraction of sp³-hybridized carbons (Fsp3) is 0.846. The summed E-state index contributed by atoms with van der Waals surface area (Å²) in [6.07, 6.45) is 2.52. The summed E-state index contributed by atoms with van der Waals surface area (Å²) < 4.78 is 6.25. The molecule has 1 aliphatic carbocycles. The maximum Gasteiger partial charge on any atom is 0.192 e. The van der Waals surface area contributed by atoms with Gasteiger partial charge in [-0.25, -0.2) is 0 Å². The summed E-state index contributed by atoms with van der Waals surface area (Å²) in [5.41, 5.74) is 0.940. The van der Waals surface area contributed by atoms with Gasteiger partial charge >= 0.3 is 0 Å². The van der Waals surface area contributed by atoms with E-state index in [4.69, 9.17) is 4.43 Å². The number of rotatable bonds is 2. The van der Waals surface area contributed by atoms with E-state index in [-0.39, 0.29) is 11.1 Å². The minimum Gasteiger partial charge on any atom is -0.411 e. The Balaban J connectivity index is 2.70. The van der Waals surface area contributed by atoms with Crippen LogP contribution in [0.5, 0.6) is 0 Å². The molecular formula is C13H26O2Si. The molecule has 2 atom stereocenters. The highest BCUT2D eigenvalue weighted by Crippen LogP contribution is 2.39. The monoisotopic (exact) mass is 242 g/mol. The summed E-state index contributed by atoms with van der Waals surface area (Å²) in [6, 6.07) is 0. The third-order valence-electron chi connectivity index (χ3n) is 4.01. The van der Waals surface area contributed by atoms with E-state index in [1.54, 1.807) is 0 Å². The molecule has 1 N–H and O–H groups in total. The molecule has 0 radical (unpaired) electrons. The van der Waals surface area contributed by atoms with Crippen molar-refractivity contribution in [1.82, 2.24) is 0 Å². The first-order valence-corrected chi connectivity index (χ1v) is 9.09. The van der Waals surface area contributed by atoms with Crippen LogP contribution in [0.2, 0.25) is 18.1 Å². The standard InChI is InChI=1S/C13H26O2Si/c1-10-8-7-9-11(12(10)14)15-16(5,6)13(2,3)4/h11-12,14H,1,7-9H2,2-6H3/t11-,12+/m0/s1. The second kappa shape index (κ2) is 4.63. The Labute approximate surface area is 101 Å². The minimum atomic E-state index is -1.76. The molecule has 0 bridgehead atoms. The van der Waals surface area contributed by atoms with Crippen LogP contribution in [0.3, 0.4) is 0 Å². The molecular weight excluding hydrogens is 216 g/mol. The van der Waals surface area contributed by atoms with Crippen LogP contribution in [-0.4, -0.2) is 25.6 Å². The molecule has 0 unspecified atom stereocenters. The number of aliphatic hydroxyl groups excluding tert-OH is 1. The first-order valence-electron chi connectivity index (χ1n) is 6.19. The van der Waals surface area contributed by atoms with Crippen LogP contribution in [0.4, 0.5) is 0 Å². The van der Waals surface area contributed by atoms with Crippen LogP contribution in [0.25, 0.3) is 0 Å². The highest BCUT2D eigenvalue weighted by Gasteiger charge is 2.41. The van der Waals surface area contributed by atoms with Crippen molar-refractivity contribution in [3.63, 3.8) is 0 Å². The zero-order chi connectivity index (χ0) is 12.6. The van der Waals surface area contributed by atoms with Crippen molar-refractivity contribution in [3.8, 4) is 0 Å². The van der Waals surface area contributed by atoms with Gasteiger partial charge in [-0.2, -0.15) is 0 Å². The Hall–Kier alpha value is -0.123. The predicted octanol–water partition coefficient (Wildman–Crippen LogP) is 3.48. The van der Waals surface area contributed by atoms with Crippen LogP contribution >= 0.6 is 0 Å². The topological polar surface area (TPSA) is 29.5 Å². The van der Waals surface area contributed by atoms with Gasteiger partial charge in [0.2, 0.25) is 0 Å². The first-order chi connectivity index (χ1) is 7.15. The molecule has 0 heterocycles. The van der Waals surface area contributed by atoms with Gasteiger partial charge in [-0.1, -0.05) is 27.4 Å². The average Bonchev–Trinajstić information content (AvgIpc) is 2.11. The molecule has 1 saturated carbocycles. The van der Waals surface area contributed by atoms with Crippen molar-refractivity contribution in [2.45, 2.75) is 70.4 Å². The van der Waals surface area contributed by atoms with Gasteiger partial charge in [0.15, 0.2) is 8.32 Å². The molecule has 1 rings (SSSR count). The van der Waals surface area contributed by atoms with Gasteiger partial charge in [-0.3, -0.25) is 0 Å². The van der Waals surface area contributed by atoms with E-state index in [1.807, 2.05) is 0 Å². The summed E-state index contributed by atoms with van der Waals surface area (Å²) in [6.45, 7) is 15.1. The van der Waals surface area contributed by atoms with Gasteiger partial charge < -0.3 is 9.53 Å². The summed E-state index contributed by atoms with van der Waals surface area (Å²) >= 11 is 0. The largest absolute Gasteiger partial charge is 0.411 e. The highest BCUT2D eigenvalue weighted by atomic mass is 28.4. The molecule has 0 amide bonds. The summed E-state index contributed by atoms with van der Waals surface area (Å²) in [5, 5.41) is 10.3. The Kier molecular flexibility index (Phi) is 4.03. The molecule has 3 heteroatoms. The number of aliphatic hydroxyl groups is 1. The van der Waals surface area contributed by atoms with Crippen molar-refractivity contribution < 1.29 is 9.53 Å². The van der Waals surface area contributed by atoms with Gasteiger partial charge in [-0.05, 0) is 43.0 Å². The second-order valence-corrected chi connectivity index (χ2v) is 11.2. The van der Waals surface area contributed by atoms with Crippen molar-refractivity contribution >= 4 is 8.32 Å². The van der Waals surface area contributed by atoms with Crippen LogP contribution in [-0.2, 0) is 4.43 Å².